The zero-order chi connectivity index (χ0) is 13.1. The van der Waals surface area contributed by atoms with E-state index in [0.717, 1.165) is 10.6 Å². The number of carbonyl (C=O) groups excluding carboxylic acids is 1. The number of benzene rings is 2. The molecule has 0 spiro atoms. The zero-order valence-corrected chi connectivity index (χ0v) is 10.7. The van der Waals surface area contributed by atoms with Crippen LogP contribution in [-0.4, -0.2) is 5.91 Å². The van der Waals surface area contributed by atoms with Crippen molar-refractivity contribution in [2.24, 2.45) is 5.84 Å². The average molecular weight is 261 g/mol. The van der Waals surface area contributed by atoms with Gasteiger partial charge in [-0.05, 0) is 42.8 Å². The summed E-state index contributed by atoms with van der Waals surface area (Å²) in [6.07, 6.45) is 0. The van der Waals surface area contributed by atoms with Crippen molar-refractivity contribution in [3.05, 3.63) is 64.7 Å². The molecule has 2 N–H and O–H groups in total. The van der Waals surface area contributed by atoms with Crippen molar-refractivity contribution >= 4 is 23.2 Å². The minimum absolute atomic E-state index is 0.285. The molecular weight excluding hydrogens is 248 g/mol. The third-order valence-corrected chi connectivity index (χ3v) is 2.76. The van der Waals surface area contributed by atoms with E-state index >= 15 is 0 Å². The molecule has 3 nitrogen and oxygen atoms in total. The summed E-state index contributed by atoms with van der Waals surface area (Å²) in [4.78, 5) is 12.2. The number of para-hydroxylation sites is 1. The average Bonchev–Trinajstić information content (AvgIpc) is 2.37. The Bertz CT molecular complexity index is 549. The topological polar surface area (TPSA) is 46.3 Å². The van der Waals surface area contributed by atoms with Gasteiger partial charge in [0.05, 0.1) is 5.69 Å². The standard InChI is InChI=1S/C14H13ClN2O/c1-10-7-11(9-12(15)8-10)14(18)17(16)13-5-3-2-4-6-13/h2-9H,16H2,1H3. The molecule has 0 aliphatic rings. The monoisotopic (exact) mass is 260 g/mol. The highest BCUT2D eigenvalue weighted by Gasteiger charge is 2.14. The van der Waals surface area contributed by atoms with Crippen LogP contribution in [0.1, 0.15) is 15.9 Å². The van der Waals surface area contributed by atoms with Crippen LogP contribution in [0.2, 0.25) is 5.02 Å². The molecule has 2 rings (SSSR count). The molecule has 4 heteroatoms. The highest BCUT2D eigenvalue weighted by atomic mass is 35.5. The van der Waals surface area contributed by atoms with Crippen LogP contribution >= 0.6 is 11.6 Å². The summed E-state index contributed by atoms with van der Waals surface area (Å²) in [6.45, 7) is 1.88. The molecule has 1 amide bonds. The van der Waals surface area contributed by atoms with E-state index in [0.29, 0.717) is 16.3 Å². The smallest absolute Gasteiger partial charge is 0.267 e. The summed E-state index contributed by atoms with van der Waals surface area (Å²) in [7, 11) is 0. The van der Waals surface area contributed by atoms with Gasteiger partial charge in [0.1, 0.15) is 0 Å². The minimum atomic E-state index is -0.285. The number of hydrogen-bond donors (Lipinski definition) is 1. The second-order valence-corrected chi connectivity index (χ2v) is 4.46. The van der Waals surface area contributed by atoms with E-state index in [1.54, 1.807) is 30.3 Å². The molecule has 2 aromatic rings. The predicted octanol–water partition coefficient (Wildman–Crippen LogP) is 3.17. The van der Waals surface area contributed by atoms with Gasteiger partial charge in [0.25, 0.3) is 5.91 Å². The van der Waals surface area contributed by atoms with Crippen molar-refractivity contribution in [2.75, 3.05) is 5.01 Å². The number of hydrogen-bond acceptors (Lipinski definition) is 2. The summed E-state index contributed by atoms with van der Waals surface area (Å²) < 4.78 is 0. The van der Waals surface area contributed by atoms with Crippen LogP contribution in [0.25, 0.3) is 0 Å². The number of rotatable bonds is 2. The largest absolute Gasteiger partial charge is 0.272 e. The maximum Gasteiger partial charge on any atom is 0.272 e. The van der Waals surface area contributed by atoms with Gasteiger partial charge in [0, 0.05) is 10.6 Å². The first kappa shape index (κ1) is 12.6. The zero-order valence-electron chi connectivity index (χ0n) is 9.93. The van der Waals surface area contributed by atoms with Crippen LogP contribution < -0.4 is 10.9 Å². The number of hydrazine groups is 1. The Balaban J connectivity index is 2.31. The van der Waals surface area contributed by atoms with E-state index in [9.17, 15) is 4.79 Å². The fraction of sp³-hybridized carbons (Fsp3) is 0.0714. The highest BCUT2D eigenvalue weighted by Crippen LogP contribution is 2.18. The molecular formula is C14H13ClN2O. The lowest BCUT2D eigenvalue weighted by Crippen LogP contribution is -2.37. The summed E-state index contributed by atoms with van der Waals surface area (Å²) in [5.41, 5.74) is 2.04. The lowest BCUT2D eigenvalue weighted by molar-refractivity contribution is 0.0987. The first-order chi connectivity index (χ1) is 8.58. The molecule has 2 aromatic carbocycles. The second-order valence-electron chi connectivity index (χ2n) is 4.03. The maximum atomic E-state index is 12.2. The van der Waals surface area contributed by atoms with Crippen molar-refractivity contribution in [2.45, 2.75) is 6.92 Å². The van der Waals surface area contributed by atoms with E-state index in [4.69, 9.17) is 17.4 Å². The number of halogens is 1. The molecule has 0 heterocycles. The highest BCUT2D eigenvalue weighted by molar-refractivity contribution is 6.31. The van der Waals surface area contributed by atoms with Crippen molar-refractivity contribution < 1.29 is 4.79 Å². The van der Waals surface area contributed by atoms with Gasteiger partial charge in [0.15, 0.2) is 0 Å². The van der Waals surface area contributed by atoms with Gasteiger partial charge >= 0.3 is 0 Å². The number of aryl methyl sites for hydroxylation is 1. The van der Waals surface area contributed by atoms with Gasteiger partial charge < -0.3 is 0 Å². The van der Waals surface area contributed by atoms with Crippen molar-refractivity contribution in [3.8, 4) is 0 Å². The fourth-order valence-electron chi connectivity index (χ4n) is 1.70. The maximum absolute atomic E-state index is 12.2. The summed E-state index contributed by atoms with van der Waals surface area (Å²) in [5, 5.41) is 1.64. The lowest BCUT2D eigenvalue weighted by atomic mass is 10.1. The molecule has 0 aliphatic heterocycles. The van der Waals surface area contributed by atoms with Crippen LogP contribution in [0.3, 0.4) is 0 Å². The molecule has 0 aliphatic carbocycles. The van der Waals surface area contributed by atoms with Gasteiger partial charge in [-0.25, -0.2) is 10.9 Å². The molecule has 92 valence electrons. The van der Waals surface area contributed by atoms with E-state index in [1.807, 2.05) is 25.1 Å². The van der Waals surface area contributed by atoms with Gasteiger partial charge in [-0.3, -0.25) is 4.79 Å². The van der Waals surface area contributed by atoms with Crippen molar-refractivity contribution in [1.29, 1.82) is 0 Å². The van der Waals surface area contributed by atoms with E-state index in [2.05, 4.69) is 0 Å². The Morgan fingerprint density at radius 3 is 2.44 bits per heavy atom. The molecule has 0 atom stereocenters. The van der Waals surface area contributed by atoms with E-state index in [1.165, 1.54) is 0 Å². The SMILES string of the molecule is Cc1cc(Cl)cc(C(=O)N(N)c2ccccc2)c1. The van der Waals surface area contributed by atoms with Gasteiger partial charge in [0.2, 0.25) is 0 Å². The first-order valence-corrected chi connectivity index (χ1v) is 5.87. The van der Waals surface area contributed by atoms with Gasteiger partial charge in [-0.15, -0.1) is 0 Å². The van der Waals surface area contributed by atoms with E-state index < -0.39 is 0 Å². The molecule has 0 radical (unpaired) electrons. The second kappa shape index (κ2) is 5.21. The minimum Gasteiger partial charge on any atom is -0.267 e. The van der Waals surface area contributed by atoms with Crippen LogP contribution in [-0.2, 0) is 0 Å². The van der Waals surface area contributed by atoms with Gasteiger partial charge in [-0.1, -0.05) is 29.8 Å². The third-order valence-electron chi connectivity index (χ3n) is 2.54. The van der Waals surface area contributed by atoms with Crippen LogP contribution in [0.4, 0.5) is 5.69 Å². The van der Waals surface area contributed by atoms with Crippen LogP contribution in [0.15, 0.2) is 48.5 Å². The Hall–Kier alpha value is -1.84. The quantitative estimate of drug-likeness (QED) is 0.512. The molecule has 0 saturated carbocycles. The van der Waals surface area contributed by atoms with E-state index in [-0.39, 0.29) is 5.91 Å². The Kier molecular flexibility index (Phi) is 3.65. The summed E-state index contributed by atoms with van der Waals surface area (Å²) >= 11 is 5.93. The predicted molar refractivity (Wildman–Crippen MR) is 73.6 cm³/mol. The number of amides is 1. The first-order valence-electron chi connectivity index (χ1n) is 5.49. The van der Waals surface area contributed by atoms with Crippen molar-refractivity contribution in [3.63, 3.8) is 0 Å². The van der Waals surface area contributed by atoms with Crippen LogP contribution in [0.5, 0.6) is 0 Å². The van der Waals surface area contributed by atoms with Crippen LogP contribution in [0, 0.1) is 6.92 Å². The fourth-order valence-corrected chi connectivity index (χ4v) is 1.99. The molecule has 18 heavy (non-hydrogen) atoms. The Labute approximate surface area is 111 Å². The number of carbonyl (C=O) groups is 1. The number of nitrogens with zero attached hydrogens (tertiary/aromatic N) is 1. The number of nitrogens with two attached hydrogens (primary N) is 1. The Morgan fingerprint density at radius 1 is 1.17 bits per heavy atom. The molecule has 0 bridgehead atoms. The molecule has 0 fully saturated rings. The summed E-state index contributed by atoms with van der Waals surface area (Å²) in [5.74, 6) is 5.53. The van der Waals surface area contributed by atoms with Crippen molar-refractivity contribution in [1.82, 2.24) is 0 Å². The summed E-state index contributed by atoms with van der Waals surface area (Å²) in [6, 6.07) is 14.2. The normalized spacial score (nSPS) is 10.2. The molecule has 0 unspecified atom stereocenters. The third kappa shape index (κ3) is 2.70. The number of anilines is 1. The molecule has 0 saturated heterocycles. The lowest BCUT2D eigenvalue weighted by Gasteiger charge is -2.17. The van der Waals surface area contributed by atoms with Gasteiger partial charge in [-0.2, -0.15) is 0 Å². The Morgan fingerprint density at radius 2 is 1.83 bits per heavy atom. The molecule has 0 aromatic heterocycles.